The molecule has 0 N–H and O–H groups in total. The first-order chi connectivity index (χ1) is 9.25. The van der Waals surface area contributed by atoms with Crippen LogP contribution >= 0.6 is 0 Å². The summed E-state index contributed by atoms with van der Waals surface area (Å²) < 4.78 is 3.58. The van der Waals surface area contributed by atoms with Crippen LogP contribution in [0.5, 0.6) is 0 Å². The van der Waals surface area contributed by atoms with E-state index in [1.54, 1.807) is 35.5 Å². The zero-order chi connectivity index (χ0) is 13.2. The fourth-order valence-corrected chi connectivity index (χ4v) is 2.05. The Balaban J connectivity index is 1.79. The molecule has 0 bridgehead atoms. The van der Waals surface area contributed by atoms with Crippen molar-refractivity contribution >= 4 is 11.3 Å². The summed E-state index contributed by atoms with van der Waals surface area (Å²) in [6.45, 7) is 0. The summed E-state index contributed by atoms with van der Waals surface area (Å²) in [7, 11) is 1.92. The zero-order valence-electron chi connectivity index (χ0n) is 10.5. The lowest BCUT2D eigenvalue weighted by Crippen LogP contribution is -2.04. The summed E-state index contributed by atoms with van der Waals surface area (Å²) >= 11 is 0. The Bertz CT molecular complexity index is 727. The number of imidazole rings is 1. The van der Waals surface area contributed by atoms with Crippen molar-refractivity contribution in [3.63, 3.8) is 0 Å². The van der Waals surface area contributed by atoms with Gasteiger partial charge in [-0.15, -0.1) is 0 Å². The van der Waals surface area contributed by atoms with Crippen LogP contribution in [-0.2, 0) is 13.5 Å². The first kappa shape index (κ1) is 11.6. The Morgan fingerprint density at radius 1 is 1.26 bits per heavy atom. The molecule has 0 atom stereocenters. The Kier molecular flexibility index (Phi) is 2.83. The molecule has 19 heavy (non-hydrogen) atoms. The number of ketones is 1. The Hall–Kier alpha value is -2.50. The van der Waals surface area contributed by atoms with Gasteiger partial charge < -0.3 is 4.57 Å². The summed E-state index contributed by atoms with van der Waals surface area (Å²) in [4.78, 5) is 20.4. The molecule has 0 radical (unpaired) electrons. The molecular formula is C13H13N5O. The highest BCUT2D eigenvalue weighted by atomic mass is 16.1. The summed E-state index contributed by atoms with van der Waals surface area (Å²) in [5.41, 5.74) is 1.36. The van der Waals surface area contributed by atoms with E-state index in [1.807, 2.05) is 17.8 Å². The van der Waals surface area contributed by atoms with Gasteiger partial charge in [-0.3, -0.25) is 9.78 Å². The van der Waals surface area contributed by atoms with Gasteiger partial charge in [-0.2, -0.15) is 5.10 Å². The monoisotopic (exact) mass is 255 g/mol. The third-order valence-electron chi connectivity index (χ3n) is 3.12. The maximum Gasteiger partial charge on any atom is 0.167 e. The van der Waals surface area contributed by atoms with Crippen LogP contribution < -0.4 is 0 Å². The van der Waals surface area contributed by atoms with Crippen molar-refractivity contribution in [2.75, 3.05) is 0 Å². The van der Waals surface area contributed by atoms with Gasteiger partial charge in [0.2, 0.25) is 0 Å². The maximum atomic E-state index is 12.2. The molecule has 0 saturated carbocycles. The lowest BCUT2D eigenvalue weighted by molar-refractivity contribution is 0.0983. The second-order valence-corrected chi connectivity index (χ2v) is 4.34. The van der Waals surface area contributed by atoms with Crippen molar-refractivity contribution < 1.29 is 4.79 Å². The molecule has 0 fully saturated rings. The molecule has 0 unspecified atom stereocenters. The van der Waals surface area contributed by atoms with E-state index in [9.17, 15) is 4.79 Å². The lowest BCUT2D eigenvalue weighted by Gasteiger charge is -2.01. The van der Waals surface area contributed by atoms with Gasteiger partial charge in [-0.25, -0.2) is 9.50 Å². The molecule has 0 aromatic carbocycles. The van der Waals surface area contributed by atoms with Crippen LogP contribution in [0.3, 0.4) is 0 Å². The van der Waals surface area contributed by atoms with Crippen LogP contribution in [0, 0.1) is 0 Å². The number of aromatic nitrogens is 5. The van der Waals surface area contributed by atoms with Gasteiger partial charge in [0, 0.05) is 44.7 Å². The van der Waals surface area contributed by atoms with E-state index in [0.717, 1.165) is 11.3 Å². The molecule has 96 valence electrons. The smallest absolute Gasteiger partial charge is 0.167 e. The molecule has 0 amide bonds. The topological polar surface area (TPSA) is 65.1 Å². The third-order valence-corrected chi connectivity index (χ3v) is 3.12. The first-order valence-electron chi connectivity index (χ1n) is 6.02. The van der Waals surface area contributed by atoms with Gasteiger partial charge in [0.15, 0.2) is 5.78 Å². The minimum absolute atomic E-state index is 0.0611. The van der Waals surface area contributed by atoms with Crippen LogP contribution in [0.25, 0.3) is 5.52 Å². The highest BCUT2D eigenvalue weighted by molar-refractivity contribution is 6.02. The number of hydrogen-bond donors (Lipinski definition) is 0. The second-order valence-electron chi connectivity index (χ2n) is 4.34. The fourth-order valence-electron chi connectivity index (χ4n) is 2.05. The van der Waals surface area contributed by atoms with E-state index >= 15 is 0 Å². The van der Waals surface area contributed by atoms with Crippen LogP contribution in [0.2, 0.25) is 0 Å². The minimum atomic E-state index is 0.0611. The second kappa shape index (κ2) is 4.64. The van der Waals surface area contributed by atoms with Gasteiger partial charge in [-0.1, -0.05) is 0 Å². The van der Waals surface area contributed by atoms with Crippen molar-refractivity contribution in [3.05, 3.63) is 48.6 Å². The molecule has 0 aliphatic rings. The van der Waals surface area contributed by atoms with E-state index < -0.39 is 0 Å². The third kappa shape index (κ3) is 2.12. The minimum Gasteiger partial charge on any atom is -0.338 e. The van der Waals surface area contributed by atoms with Crippen LogP contribution in [0.1, 0.15) is 22.6 Å². The predicted octanol–water partition coefficient (Wildman–Crippen LogP) is 1.28. The number of Topliss-reactive ketones (excluding diaryl/α,β-unsaturated/α-hetero) is 1. The van der Waals surface area contributed by atoms with Crippen molar-refractivity contribution in [1.29, 1.82) is 0 Å². The molecule has 0 saturated heterocycles. The molecule has 3 aromatic heterocycles. The van der Waals surface area contributed by atoms with Crippen molar-refractivity contribution in [3.8, 4) is 0 Å². The number of aryl methyl sites for hydroxylation is 2. The Morgan fingerprint density at radius 2 is 2.16 bits per heavy atom. The van der Waals surface area contributed by atoms with Gasteiger partial charge >= 0.3 is 0 Å². The van der Waals surface area contributed by atoms with Crippen molar-refractivity contribution in [2.45, 2.75) is 12.8 Å². The van der Waals surface area contributed by atoms with E-state index in [0.29, 0.717) is 18.4 Å². The SMILES string of the molecule is Cn1ccnc1CCC(=O)c1cnn2ccncc12. The van der Waals surface area contributed by atoms with Crippen molar-refractivity contribution in [1.82, 2.24) is 24.1 Å². The molecule has 0 aliphatic heterocycles. The molecule has 3 rings (SSSR count). The predicted molar refractivity (Wildman–Crippen MR) is 68.8 cm³/mol. The number of rotatable bonds is 4. The fraction of sp³-hybridized carbons (Fsp3) is 0.231. The molecule has 0 spiro atoms. The van der Waals surface area contributed by atoms with Crippen LogP contribution in [-0.4, -0.2) is 29.9 Å². The lowest BCUT2D eigenvalue weighted by atomic mass is 10.1. The molecule has 6 nitrogen and oxygen atoms in total. The van der Waals surface area contributed by atoms with E-state index in [2.05, 4.69) is 15.1 Å². The number of nitrogens with zero attached hydrogens (tertiary/aromatic N) is 5. The summed E-state index contributed by atoms with van der Waals surface area (Å²) in [6, 6.07) is 0. The standard InChI is InChI=1S/C13H13N5O/c1-17-6-5-15-13(17)3-2-12(19)10-8-16-18-7-4-14-9-11(10)18/h4-9H,2-3H2,1H3. The largest absolute Gasteiger partial charge is 0.338 e. The Morgan fingerprint density at radius 3 is 2.95 bits per heavy atom. The first-order valence-corrected chi connectivity index (χ1v) is 6.02. The normalized spacial score (nSPS) is 11.0. The molecular weight excluding hydrogens is 242 g/mol. The molecule has 0 aliphatic carbocycles. The number of hydrogen-bond acceptors (Lipinski definition) is 4. The Labute approximate surface area is 109 Å². The summed E-state index contributed by atoms with van der Waals surface area (Å²) in [6.07, 6.45) is 11.3. The van der Waals surface area contributed by atoms with E-state index in [1.165, 1.54) is 0 Å². The molecule has 3 heterocycles. The van der Waals surface area contributed by atoms with Crippen LogP contribution in [0.15, 0.2) is 37.2 Å². The average molecular weight is 255 g/mol. The molecule has 6 heteroatoms. The highest BCUT2D eigenvalue weighted by Gasteiger charge is 2.13. The number of carbonyl (C=O) groups excluding carboxylic acids is 1. The summed E-state index contributed by atoms with van der Waals surface area (Å²) in [5.74, 6) is 0.967. The number of fused-ring (bicyclic) bond motifs is 1. The zero-order valence-corrected chi connectivity index (χ0v) is 10.5. The quantitative estimate of drug-likeness (QED) is 0.659. The van der Waals surface area contributed by atoms with Gasteiger partial charge in [0.05, 0.1) is 23.5 Å². The van der Waals surface area contributed by atoms with Gasteiger partial charge in [-0.05, 0) is 0 Å². The molecule has 3 aromatic rings. The average Bonchev–Trinajstić information content (AvgIpc) is 3.02. The summed E-state index contributed by atoms with van der Waals surface area (Å²) in [5, 5.41) is 4.14. The maximum absolute atomic E-state index is 12.2. The van der Waals surface area contributed by atoms with Crippen LogP contribution in [0.4, 0.5) is 0 Å². The van der Waals surface area contributed by atoms with E-state index in [-0.39, 0.29) is 5.78 Å². The van der Waals surface area contributed by atoms with Crippen molar-refractivity contribution in [2.24, 2.45) is 7.05 Å². The number of carbonyl (C=O) groups is 1. The van der Waals surface area contributed by atoms with E-state index in [4.69, 9.17) is 0 Å². The highest BCUT2D eigenvalue weighted by Crippen LogP contribution is 2.12. The van der Waals surface area contributed by atoms with Gasteiger partial charge in [0.1, 0.15) is 5.82 Å². The van der Waals surface area contributed by atoms with Gasteiger partial charge in [0.25, 0.3) is 0 Å².